The molecule has 0 spiro atoms. The molecule has 0 aromatic carbocycles. The van der Waals surface area contributed by atoms with Gasteiger partial charge in [-0.3, -0.25) is 4.79 Å². The third-order valence-corrected chi connectivity index (χ3v) is 3.46. The summed E-state index contributed by atoms with van der Waals surface area (Å²) in [5.74, 6) is 2.09. The number of carbonyl (C=O) groups excluding carboxylic acids is 1. The molecule has 1 aliphatic heterocycles. The zero-order chi connectivity index (χ0) is 12.1. The number of amides is 1. The van der Waals surface area contributed by atoms with E-state index in [1.165, 1.54) is 0 Å². The number of nitrogens with one attached hydrogen (secondary N) is 1. The molecule has 1 saturated heterocycles. The number of rotatable bonds is 6. The third kappa shape index (κ3) is 3.78. The molecule has 0 saturated carbocycles. The summed E-state index contributed by atoms with van der Waals surface area (Å²) < 4.78 is 0. The van der Waals surface area contributed by atoms with Crippen LogP contribution in [0.4, 0.5) is 0 Å². The van der Waals surface area contributed by atoms with E-state index in [1.807, 2.05) is 4.90 Å². The molecule has 2 atom stereocenters. The summed E-state index contributed by atoms with van der Waals surface area (Å²) in [4.78, 5) is 13.9. The lowest BCUT2D eigenvalue weighted by molar-refractivity contribution is -0.128. The number of hydrogen-bond acceptors (Lipinski definition) is 2. The van der Waals surface area contributed by atoms with Crippen LogP contribution in [0.5, 0.6) is 0 Å². The summed E-state index contributed by atoms with van der Waals surface area (Å²) in [5.41, 5.74) is 0. The van der Waals surface area contributed by atoms with E-state index in [4.69, 9.17) is 0 Å². The molecule has 2 unspecified atom stereocenters. The molecule has 3 heteroatoms. The van der Waals surface area contributed by atoms with Crippen LogP contribution >= 0.6 is 0 Å². The Labute approximate surface area is 99.6 Å². The second-order valence-electron chi connectivity index (χ2n) is 5.42. The minimum Gasteiger partial charge on any atom is -0.342 e. The maximum absolute atomic E-state index is 11.8. The Morgan fingerprint density at radius 3 is 2.62 bits per heavy atom. The second kappa shape index (κ2) is 6.24. The van der Waals surface area contributed by atoms with Gasteiger partial charge in [-0.2, -0.15) is 0 Å². The van der Waals surface area contributed by atoms with Gasteiger partial charge in [0.1, 0.15) is 0 Å². The van der Waals surface area contributed by atoms with E-state index < -0.39 is 0 Å². The van der Waals surface area contributed by atoms with Crippen LogP contribution in [0.25, 0.3) is 0 Å². The largest absolute Gasteiger partial charge is 0.342 e. The average molecular weight is 226 g/mol. The van der Waals surface area contributed by atoms with Crippen molar-refractivity contribution >= 4 is 5.91 Å². The number of carbonyl (C=O) groups is 1. The normalized spacial score (nSPS) is 23.2. The molecule has 94 valence electrons. The fourth-order valence-electron chi connectivity index (χ4n) is 2.26. The van der Waals surface area contributed by atoms with Crippen LogP contribution < -0.4 is 5.32 Å². The Morgan fingerprint density at radius 1 is 1.44 bits per heavy atom. The van der Waals surface area contributed by atoms with Gasteiger partial charge in [0.2, 0.25) is 5.91 Å². The Balaban J connectivity index is 2.35. The van der Waals surface area contributed by atoms with E-state index in [-0.39, 0.29) is 0 Å². The van der Waals surface area contributed by atoms with Gasteiger partial charge in [0.05, 0.1) is 0 Å². The predicted molar refractivity (Wildman–Crippen MR) is 67.2 cm³/mol. The Bertz CT molecular complexity index is 228. The van der Waals surface area contributed by atoms with Crippen molar-refractivity contribution in [3.05, 3.63) is 0 Å². The Kier molecular flexibility index (Phi) is 5.26. The smallest absolute Gasteiger partial charge is 0.222 e. The van der Waals surface area contributed by atoms with Crippen molar-refractivity contribution in [2.24, 2.45) is 17.8 Å². The monoisotopic (exact) mass is 226 g/mol. The molecule has 1 N–H and O–H groups in total. The number of nitrogens with zero attached hydrogens (tertiary/aromatic N) is 1. The lowest BCUT2D eigenvalue weighted by atomic mass is 9.95. The minimum atomic E-state index is 0.349. The zero-order valence-corrected chi connectivity index (χ0v) is 11.1. The van der Waals surface area contributed by atoms with Crippen molar-refractivity contribution in [2.75, 3.05) is 26.2 Å². The van der Waals surface area contributed by atoms with Gasteiger partial charge in [0.15, 0.2) is 0 Å². The van der Waals surface area contributed by atoms with E-state index in [0.29, 0.717) is 23.7 Å². The first-order valence-electron chi connectivity index (χ1n) is 6.53. The molecule has 1 amide bonds. The highest BCUT2D eigenvalue weighted by atomic mass is 16.2. The first-order valence-corrected chi connectivity index (χ1v) is 6.53. The molecule has 0 aromatic heterocycles. The van der Waals surface area contributed by atoms with E-state index >= 15 is 0 Å². The molecule has 0 aliphatic carbocycles. The van der Waals surface area contributed by atoms with Gasteiger partial charge in [-0.15, -0.1) is 0 Å². The zero-order valence-electron chi connectivity index (χ0n) is 11.1. The summed E-state index contributed by atoms with van der Waals surface area (Å²) >= 11 is 0. The molecule has 1 aliphatic rings. The van der Waals surface area contributed by atoms with Crippen LogP contribution in [-0.4, -0.2) is 37.0 Å². The van der Waals surface area contributed by atoms with E-state index in [9.17, 15) is 4.79 Å². The van der Waals surface area contributed by atoms with Crippen LogP contribution in [0.1, 0.15) is 34.1 Å². The van der Waals surface area contributed by atoms with Gasteiger partial charge in [0.25, 0.3) is 0 Å². The highest BCUT2D eigenvalue weighted by molar-refractivity contribution is 5.78. The van der Waals surface area contributed by atoms with Crippen LogP contribution in [0.3, 0.4) is 0 Å². The maximum atomic E-state index is 11.8. The topological polar surface area (TPSA) is 32.3 Å². The lowest BCUT2D eigenvalue weighted by Crippen LogP contribution is -2.34. The van der Waals surface area contributed by atoms with E-state index in [2.05, 4.69) is 33.0 Å². The Hall–Kier alpha value is -0.570. The van der Waals surface area contributed by atoms with Crippen molar-refractivity contribution in [3.63, 3.8) is 0 Å². The summed E-state index contributed by atoms with van der Waals surface area (Å²) in [5, 5.41) is 3.33. The van der Waals surface area contributed by atoms with Crippen molar-refractivity contribution in [3.8, 4) is 0 Å². The fraction of sp³-hybridized carbons (Fsp3) is 0.923. The molecule has 1 heterocycles. The molecule has 0 aromatic rings. The first-order chi connectivity index (χ1) is 7.54. The van der Waals surface area contributed by atoms with Gasteiger partial charge in [-0.1, -0.05) is 27.7 Å². The molecule has 0 radical (unpaired) electrons. The van der Waals surface area contributed by atoms with Crippen LogP contribution in [0, 0.1) is 17.8 Å². The van der Waals surface area contributed by atoms with Crippen LogP contribution in [0.2, 0.25) is 0 Å². The minimum absolute atomic E-state index is 0.349. The lowest BCUT2D eigenvalue weighted by Gasteiger charge is -2.22. The Morgan fingerprint density at radius 2 is 2.12 bits per heavy atom. The van der Waals surface area contributed by atoms with Gasteiger partial charge in [-0.25, -0.2) is 0 Å². The van der Waals surface area contributed by atoms with E-state index in [1.54, 1.807) is 0 Å². The summed E-state index contributed by atoms with van der Waals surface area (Å²) in [6.45, 7) is 12.6. The van der Waals surface area contributed by atoms with Crippen LogP contribution in [0.15, 0.2) is 0 Å². The van der Waals surface area contributed by atoms with Crippen LogP contribution in [-0.2, 0) is 4.79 Å². The molecule has 1 fully saturated rings. The average Bonchev–Trinajstić information content (AvgIpc) is 2.57. The number of hydrogen-bond donors (Lipinski definition) is 1. The van der Waals surface area contributed by atoms with Gasteiger partial charge in [-0.05, 0) is 30.8 Å². The fourth-order valence-corrected chi connectivity index (χ4v) is 2.26. The van der Waals surface area contributed by atoms with Crippen molar-refractivity contribution in [1.82, 2.24) is 10.2 Å². The molecule has 3 nitrogen and oxygen atoms in total. The molecule has 0 bridgehead atoms. The van der Waals surface area contributed by atoms with Gasteiger partial charge in [0, 0.05) is 19.5 Å². The summed E-state index contributed by atoms with van der Waals surface area (Å²) in [6, 6.07) is 0. The van der Waals surface area contributed by atoms with Crippen molar-refractivity contribution in [2.45, 2.75) is 34.1 Å². The number of likely N-dealkylation sites (tertiary alicyclic amines) is 1. The quantitative estimate of drug-likeness (QED) is 0.748. The predicted octanol–water partition coefficient (Wildman–Crippen LogP) is 1.74. The van der Waals surface area contributed by atoms with E-state index in [0.717, 1.165) is 32.6 Å². The second-order valence-corrected chi connectivity index (χ2v) is 5.42. The maximum Gasteiger partial charge on any atom is 0.222 e. The molecular formula is C13H26N2O. The SMILES string of the molecule is CCNCC(C)CN1CC(C(C)C)CC1=O. The highest BCUT2D eigenvalue weighted by Gasteiger charge is 2.31. The molecule has 1 rings (SSSR count). The summed E-state index contributed by atoms with van der Waals surface area (Å²) in [7, 11) is 0. The molecule has 16 heavy (non-hydrogen) atoms. The van der Waals surface area contributed by atoms with Crippen molar-refractivity contribution in [1.29, 1.82) is 0 Å². The molecular weight excluding hydrogens is 200 g/mol. The highest BCUT2D eigenvalue weighted by Crippen LogP contribution is 2.25. The third-order valence-electron chi connectivity index (χ3n) is 3.46. The van der Waals surface area contributed by atoms with Gasteiger partial charge >= 0.3 is 0 Å². The van der Waals surface area contributed by atoms with Crippen molar-refractivity contribution < 1.29 is 4.79 Å². The standard InChI is InChI=1S/C13H26N2O/c1-5-14-7-11(4)8-15-9-12(10(2)3)6-13(15)16/h10-12,14H,5-9H2,1-4H3. The summed E-state index contributed by atoms with van der Waals surface area (Å²) in [6.07, 6.45) is 0.756. The first kappa shape index (κ1) is 13.5. The van der Waals surface area contributed by atoms with Gasteiger partial charge < -0.3 is 10.2 Å².